The Hall–Kier alpha value is -1.45. The zero-order valence-corrected chi connectivity index (χ0v) is 16.3. The molecule has 26 heavy (non-hydrogen) atoms. The SMILES string of the molecule is Cc1nc(S(=O)(=O)NCCC(=O)NC2C3CCCC2CC(N)C3)cn1C. The van der Waals surface area contributed by atoms with Crippen molar-refractivity contribution in [3.63, 3.8) is 0 Å². The number of nitrogens with zero attached hydrogens (tertiary/aromatic N) is 2. The Morgan fingerprint density at radius 3 is 2.58 bits per heavy atom. The molecule has 2 bridgehead atoms. The first-order valence-corrected chi connectivity index (χ1v) is 10.8. The van der Waals surface area contributed by atoms with E-state index in [0.29, 0.717) is 17.7 Å². The maximum atomic E-state index is 12.3. The molecule has 1 heterocycles. The number of nitrogens with one attached hydrogen (secondary N) is 2. The van der Waals surface area contributed by atoms with Crippen LogP contribution < -0.4 is 15.8 Å². The molecule has 0 saturated heterocycles. The fourth-order valence-corrected chi connectivity index (χ4v) is 5.38. The standard InChI is InChI=1S/C17H29N5O3S/c1-11-20-16(10-22(11)2)26(24,25)19-7-6-15(23)21-17-12-4-3-5-13(17)9-14(18)8-12/h10,12-14,17,19H,3-9,18H2,1-2H3,(H,21,23). The Morgan fingerprint density at radius 1 is 1.35 bits per heavy atom. The molecular formula is C17H29N5O3S. The summed E-state index contributed by atoms with van der Waals surface area (Å²) in [5.41, 5.74) is 6.12. The lowest BCUT2D eigenvalue weighted by molar-refractivity contribution is -0.123. The fourth-order valence-electron chi connectivity index (χ4n) is 4.31. The van der Waals surface area contributed by atoms with Crippen molar-refractivity contribution in [1.82, 2.24) is 19.6 Å². The van der Waals surface area contributed by atoms with Crippen LogP contribution in [0, 0.1) is 18.8 Å². The van der Waals surface area contributed by atoms with Crippen LogP contribution in [0.5, 0.6) is 0 Å². The third kappa shape index (κ3) is 4.27. The topological polar surface area (TPSA) is 119 Å². The van der Waals surface area contributed by atoms with E-state index in [0.717, 1.165) is 25.7 Å². The van der Waals surface area contributed by atoms with E-state index in [-0.39, 0.29) is 36.0 Å². The molecule has 2 atom stereocenters. The highest BCUT2D eigenvalue weighted by molar-refractivity contribution is 7.89. The minimum atomic E-state index is -3.69. The van der Waals surface area contributed by atoms with E-state index in [4.69, 9.17) is 5.73 Å². The summed E-state index contributed by atoms with van der Waals surface area (Å²) in [6.45, 7) is 1.80. The summed E-state index contributed by atoms with van der Waals surface area (Å²) in [5.74, 6) is 1.41. The molecule has 8 nitrogen and oxygen atoms in total. The van der Waals surface area contributed by atoms with Gasteiger partial charge >= 0.3 is 0 Å². The Morgan fingerprint density at radius 2 is 2.00 bits per heavy atom. The number of amides is 1. The number of carbonyl (C=O) groups is 1. The molecule has 9 heteroatoms. The quantitative estimate of drug-likeness (QED) is 0.658. The second kappa shape index (κ2) is 7.66. The lowest BCUT2D eigenvalue weighted by atomic mass is 9.67. The van der Waals surface area contributed by atoms with E-state index >= 15 is 0 Å². The summed E-state index contributed by atoms with van der Waals surface area (Å²) >= 11 is 0. The predicted molar refractivity (Wildman–Crippen MR) is 97.7 cm³/mol. The molecule has 2 aliphatic carbocycles. The van der Waals surface area contributed by atoms with Crippen LogP contribution >= 0.6 is 0 Å². The zero-order valence-electron chi connectivity index (χ0n) is 15.4. The number of fused-ring (bicyclic) bond motifs is 2. The molecule has 1 amide bonds. The van der Waals surface area contributed by atoms with Crippen LogP contribution in [0.3, 0.4) is 0 Å². The molecule has 146 valence electrons. The van der Waals surface area contributed by atoms with Crippen molar-refractivity contribution in [2.45, 2.75) is 62.6 Å². The summed E-state index contributed by atoms with van der Waals surface area (Å²) < 4.78 is 28.6. The fraction of sp³-hybridized carbons (Fsp3) is 0.765. The Balaban J connectivity index is 1.50. The third-order valence-electron chi connectivity index (χ3n) is 5.71. The minimum Gasteiger partial charge on any atom is -0.353 e. The van der Waals surface area contributed by atoms with Gasteiger partial charge in [0, 0.05) is 38.3 Å². The molecule has 0 spiro atoms. The first-order chi connectivity index (χ1) is 12.3. The average Bonchev–Trinajstić information content (AvgIpc) is 2.88. The van der Waals surface area contributed by atoms with Crippen molar-refractivity contribution in [3.05, 3.63) is 12.0 Å². The lowest BCUT2D eigenvalue weighted by Crippen LogP contribution is -2.54. The largest absolute Gasteiger partial charge is 0.353 e. The normalized spacial score (nSPS) is 28.7. The average molecular weight is 384 g/mol. The molecule has 0 radical (unpaired) electrons. The van der Waals surface area contributed by atoms with E-state index in [1.807, 2.05) is 0 Å². The number of rotatable bonds is 6. The van der Waals surface area contributed by atoms with E-state index < -0.39 is 10.0 Å². The number of nitrogens with two attached hydrogens (primary N) is 1. The van der Waals surface area contributed by atoms with E-state index in [9.17, 15) is 13.2 Å². The van der Waals surface area contributed by atoms with Crippen molar-refractivity contribution in [3.8, 4) is 0 Å². The highest BCUT2D eigenvalue weighted by Gasteiger charge is 2.39. The number of aryl methyl sites for hydroxylation is 2. The van der Waals surface area contributed by atoms with E-state index in [1.54, 1.807) is 18.5 Å². The second-order valence-corrected chi connectivity index (χ2v) is 9.37. The van der Waals surface area contributed by atoms with Gasteiger partial charge in [-0.25, -0.2) is 18.1 Å². The van der Waals surface area contributed by atoms with Crippen LogP contribution in [-0.2, 0) is 21.9 Å². The number of hydrogen-bond acceptors (Lipinski definition) is 5. The minimum absolute atomic E-state index is 0.0197. The van der Waals surface area contributed by atoms with Crippen molar-refractivity contribution in [2.24, 2.45) is 24.6 Å². The van der Waals surface area contributed by atoms with Gasteiger partial charge in [-0.05, 0) is 44.4 Å². The van der Waals surface area contributed by atoms with Crippen molar-refractivity contribution >= 4 is 15.9 Å². The molecule has 4 N–H and O–H groups in total. The van der Waals surface area contributed by atoms with Crippen LogP contribution in [0.25, 0.3) is 0 Å². The molecule has 2 aliphatic rings. The van der Waals surface area contributed by atoms with E-state index in [1.165, 1.54) is 12.6 Å². The van der Waals surface area contributed by atoms with Crippen molar-refractivity contribution in [2.75, 3.05) is 6.54 Å². The summed E-state index contributed by atoms with van der Waals surface area (Å²) in [6, 6.07) is 0.429. The van der Waals surface area contributed by atoms with Gasteiger partial charge in [-0.2, -0.15) is 0 Å². The highest BCUT2D eigenvalue weighted by Crippen LogP contribution is 2.39. The monoisotopic (exact) mass is 383 g/mol. The molecule has 2 unspecified atom stereocenters. The van der Waals surface area contributed by atoms with E-state index in [2.05, 4.69) is 15.0 Å². The molecular weight excluding hydrogens is 354 g/mol. The maximum absolute atomic E-state index is 12.3. The smallest absolute Gasteiger partial charge is 0.259 e. The molecule has 2 fully saturated rings. The highest BCUT2D eigenvalue weighted by atomic mass is 32.2. The third-order valence-corrected chi connectivity index (χ3v) is 7.04. The molecule has 3 rings (SSSR count). The summed E-state index contributed by atoms with van der Waals surface area (Å²) in [6.07, 6.45) is 6.94. The van der Waals surface area contributed by atoms with Gasteiger partial charge in [0.25, 0.3) is 10.0 Å². The van der Waals surface area contributed by atoms with Crippen LogP contribution in [0.4, 0.5) is 0 Å². The molecule has 1 aromatic heterocycles. The van der Waals surface area contributed by atoms with Gasteiger partial charge in [-0.15, -0.1) is 0 Å². The second-order valence-electron chi connectivity index (χ2n) is 7.66. The number of imidazole rings is 1. The van der Waals surface area contributed by atoms with Crippen LogP contribution in [0.15, 0.2) is 11.2 Å². The van der Waals surface area contributed by atoms with Gasteiger partial charge in [0.05, 0.1) is 0 Å². The number of hydrogen-bond donors (Lipinski definition) is 3. The lowest BCUT2D eigenvalue weighted by Gasteiger charge is -2.45. The molecule has 2 saturated carbocycles. The zero-order chi connectivity index (χ0) is 18.9. The van der Waals surface area contributed by atoms with Gasteiger partial charge in [-0.3, -0.25) is 4.79 Å². The van der Waals surface area contributed by atoms with Crippen LogP contribution in [-0.4, -0.2) is 42.5 Å². The van der Waals surface area contributed by atoms with Crippen LogP contribution in [0.1, 0.15) is 44.3 Å². The summed E-state index contributed by atoms with van der Waals surface area (Å²) in [7, 11) is -1.95. The van der Waals surface area contributed by atoms with Crippen molar-refractivity contribution < 1.29 is 13.2 Å². The van der Waals surface area contributed by atoms with Crippen molar-refractivity contribution in [1.29, 1.82) is 0 Å². The first kappa shape index (κ1) is 19.3. The number of carbonyl (C=O) groups excluding carboxylic acids is 1. The van der Waals surface area contributed by atoms with Gasteiger partial charge in [0.2, 0.25) is 5.91 Å². The number of aromatic nitrogens is 2. The summed E-state index contributed by atoms with van der Waals surface area (Å²) in [4.78, 5) is 16.3. The molecule has 0 aromatic carbocycles. The number of sulfonamides is 1. The molecule has 1 aromatic rings. The maximum Gasteiger partial charge on any atom is 0.259 e. The van der Waals surface area contributed by atoms with Gasteiger partial charge in [-0.1, -0.05) is 6.42 Å². The van der Waals surface area contributed by atoms with Gasteiger partial charge in [0.1, 0.15) is 5.82 Å². The Labute approximate surface area is 155 Å². The van der Waals surface area contributed by atoms with Gasteiger partial charge in [0.15, 0.2) is 5.03 Å². The van der Waals surface area contributed by atoms with Crippen LogP contribution in [0.2, 0.25) is 0 Å². The first-order valence-electron chi connectivity index (χ1n) is 9.31. The Kier molecular flexibility index (Phi) is 5.69. The van der Waals surface area contributed by atoms with Gasteiger partial charge < -0.3 is 15.6 Å². The predicted octanol–water partition coefficient (Wildman–Crippen LogP) is 0.419. The molecule has 0 aliphatic heterocycles. The Bertz CT molecular complexity index is 727. The summed E-state index contributed by atoms with van der Waals surface area (Å²) in [5, 5.41) is 3.11.